The molecule has 8 heteroatoms. The quantitative estimate of drug-likeness (QED) is 0.783. The summed E-state index contributed by atoms with van der Waals surface area (Å²) < 4.78 is 22.2. The van der Waals surface area contributed by atoms with Crippen molar-refractivity contribution in [1.29, 1.82) is 0 Å². The van der Waals surface area contributed by atoms with Crippen molar-refractivity contribution in [3.63, 3.8) is 0 Å². The van der Waals surface area contributed by atoms with Gasteiger partial charge in [0.05, 0.1) is 16.3 Å². The highest BCUT2D eigenvalue weighted by atomic mass is 32.2. The standard InChI is InChI=1S/C13H15N3O2S.CH3NO/c1-10-8-16-12(9-15-10)5-2-11-3-6-13(7-4-11)19(14,17)18;2-1-3/h3-4,6-9H,2,5H2,1H3,(H2,14,17,18);1H,(H2,2,3). The molecular weight excluding hydrogens is 304 g/mol. The van der Waals surface area contributed by atoms with Crippen molar-refractivity contribution in [2.24, 2.45) is 10.9 Å². The molecule has 7 nitrogen and oxygen atoms in total. The summed E-state index contributed by atoms with van der Waals surface area (Å²) in [6.07, 6.45) is 5.29. The van der Waals surface area contributed by atoms with E-state index in [1.807, 2.05) is 6.92 Å². The van der Waals surface area contributed by atoms with E-state index in [9.17, 15) is 8.42 Å². The molecule has 0 saturated heterocycles. The first kappa shape index (κ1) is 17.7. The van der Waals surface area contributed by atoms with E-state index in [0.29, 0.717) is 0 Å². The Morgan fingerprint density at radius 2 is 1.68 bits per heavy atom. The van der Waals surface area contributed by atoms with Gasteiger partial charge in [0, 0.05) is 12.4 Å². The maximum absolute atomic E-state index is 11.1. The molecule has 1 aromatic carbocycles. The molecular formula is C14H18N4O3S. The van der Waals surface area contributed by atoms with Gasteiger partial charge in [0.1, 0.15) is 0 Å². The predicted octanol–water partition coefficient (Wildman–Crippen LogP) is 0.319. The van der Waals surface area contributed by atoms with Crippen LogP contribution < -0.4 is 10.9 Å². The van der Waals surface area contributed by atoms with Crippen molar-refractivity contribution in [1.82, 2.24) is 9.97 Å². The number of nitrogens with two attached hydrogens (primary N) is 2. The molecule has 1 heterocycles. The van der Waals surface area contributed by atoms with E-state index in [2.05, 4.69) is 15.7 Å². The maximum Gasteiger partial charge on any atom is 0.238 e. The van der Waals surface area contributed by atoms with Crippen LogP contribution in [0.2, 0.25) is 0 Å². The van der Waals surface area contributed by atoms with Gasteiger partial charge in [-0.1, -0.05) is 12.1 Å². The average Bonchev–Trinajstić information content (AvgIpc) is 2.47. The number of amides is 1. The van der Waals surface area contributed by atoms with Crippen LogP contribution in [0.5, 0.6) is 0 Å². The monoisotopic (exact) mass is 322 g/mol. The highest BCUT2D eigenvalue weighted by Gasteiger charge is 2.06. The van der Waals surface area contributed by atoms with E-state index in [0.717, 1.165) is 29.8 Å². The molecule has 118 valence electrons. The molecule has 0 bridgehead atoms. The number of hydrogen-bond donors (Lipinski definition) is 2. The average molecular weight is 322 g/mol. The second kappa shape index (κ2) is 8.20. The lowest BCUT2D eigenvalue weighted by molar-refractivity contribution is -0.106. The normalized spacial score (nSPS) is 10.5. The Morgan fingerprint density at radius 3 is 2.14 bits per heavy atom. The van der Waals surface area contributed by atoms with E-state index in [4.69, 9.17) is 9.93 Å². The predicted molar refractivity (Wildman–Crippen MR) is 82.2 cm³/mol. The number of rotatable bonds is 4. The lowest BCUT2D eigenvalue weighted by Crippen LogP contribution is -2.11. The van der Waals surface area contributed by atoms with Gasteiger partial charge in [0.2, 0.25) is 16.4 Å². The number of aryl methyl sites for hydroxylation is 3. The lowest BCUT2D eigenvalue weighted by atomic mass is 10.1. The Morgan fingerprint density at radius 1 is 1.09 bits per heavy atom. The number of primary sulfonamides is 1. The zero-order valence-corrected chi connectivity index (χ0v) is 13.0. The van der Waals surface area contributed by atoms with E-state index < -0.39 is 10.0 Å². The topological polar surface area (TPSA) is 129 Å². The molecule has 0 fully saturated rings. The molecule has 0 aliphatic heterocycles. The molecule has 0 unspecified atom stereocenters. The molecule has 0 saturated carbocycles. The Balaban J connectivity index is 0.000000745. The Kier molecular flexibility index (Phi) is 6.61. The van der Waals surface area contributed by atoms with E-state index in [1.54, 1.807) is 24.5 Å². The van der Waals surface area contributed by atoms with Crippen LogP contribution >= 0.6 is 0 Å². The minimum atomic E-state index is -3.61. The van der Waals surface area contributed by atoms with Crippen molar-refractivity contribution >= 4 is 16.4 Å². The second-order valence-corrected chi connectivity index (χ2v) is 6.04. The third-order valence-electron chi connectivity index (χ3n) is 2.76. The summed E-state index contributed by atoms with van der Waals surface area (Å²) in [5.41, 5.74) is 7.01. The Hall–Kier alpha value is -2.32. The number of hydrogen-bond acceptors (Lipinski definition) is 5. The van der Waals surface area contributed by atoms with Crippen LogP contribution in [0.1, 0.15) is 17.0 Å². The number of primary amides is 1. The summed E-state index contributed by atoms with van der Waals surface area (Å²) in [6, 6.07) is 6.57. The molecule has 22 heavy (non-hydrogen) atoms. The maximum atomic E-state index is 11.1. The molecule has 2 rings (SSSR count). The fourth-order valence-electron chi connectivity index (χ4n) is 1.67. The smallest absolute Gasteiger partial charge is 0.238 e. The minimum Gasteiger partial charge on any atom is -0.372 e. The summed E-state index contributed by atoms with van der Waals surface area (Å²) >= 11 is 0. The van der Waals surface area contributed by atoms with Gasteiger partial charge in [-0.05, 0) is 37.5 Å². The molecule has 0 radical (unpaired) electrons. The fraction of sp³-hybridized carbons (Fsp3) is 0.214. The van der Waals surface area contributed by atoms with Gasteiger partial charge >= 0.3 is 0 Å². The molecule has 0 atom stereocenters. The SMILES string of the molecule is Cc1cnc(CCc2ccc(S(N)(=O)=O)cc2)cn1.NC=O. The van der Waals surface area contributed by atoms with E-state index in [1.165, 1.54) is 12.1 Å². The Labute approximate surface area is 129 Å². The number of aromatic nitrogens is 2. The summed E-state index contributed by atoms with van der Waals surface area (Å²) in [7, 11) is -3.61. The zero-order valence-electron chi connectivity index (χ0n) is 12.1. The number of sulfonamides is 1. The summed E-state index contributed by atoms with van der Waals surface area (Å²) in [5, 5.41) is 5.04. The summed E-state index contributed by atoms with van der Waals surface area (Å²) in [6.45, 7) is 1.89. The van der Waals surface area contributed by atoms with Crippen molar-refractivity contribution < 1.29 is 13.2 Å². The van der Waals surface area contributed by atoms with Gasteiger partial charge in [0.25, 0.3) is 0 Å². The first-order valence-corrected chi connectivity index (χ1v) is 7.96. The number of carbonyl (C=O) groups excluding carboxylic acids is 1. The summed E-state index contributed by atoms with van der Waals surface area (Å²) in [4.78, 5) is 17.2. The molecule has 2 aromatic rings. The number of carbonyl (C=O) groups is 1. The van der Waals surface area contributed by atoms with Gasteiger partial charge in [0.15, 0.2) is 0 Å². The third kappa shape index (κ3) is 5.98. The van der Waals surface area contributed by atoms with Crippen molar-refractivity contribution in [2.45, 2.75) is 24.7 Å². The first-order chi connectivity index (χ1) is 10.4. The zero-order chi connectivity index (χ0) is 16.6. The fourth-order valence-corrected chi connectivity index (χ4v) is 2.18. The van der Waals surface area contributed by atoms with Gasteiger partial charge in [-0.3, -0.25) is 14.8 Å². The highest BCUT2D eigenvalue weighted by Crippen LogP contribution is 2.10. The molecule has 0 spiro atoms. The first-order valence-electron chi connectivity index (χ1n) is 6.41. The van der Waals surface area contributed by atoms with Crippen LogP contribution in [-0.2, 0) is 27.7 Å². The van der Waals surface area contributed by atoms with Crippen LogP contribution in [0, 0.1) is 6.92 Å². The van der Waals surface area contributed by atoms with E-state index >= 15 is 0 Å². The second-order valence-electron chi connectivity index (χ2n) is 4.47. The van der Waals surface area contributed by atoms with Crippen LogP contribution in [0.25, 0.3) is 0 Å². The minimum absolute atomic E-state index is 0.131. The molecule has 0 aliphatic carbocycles. The van der Waals surface area contributed by atoms with Crippen LogP contribution in [0.3, 0.4) is 0 Å². The van der Waals surface area contributed by atoms with Gasteiger partial charge < -0.3 is 5.73 Å². The molecule has 4 N–H and O–H groups in total. The largest absolute Gasteiger partial charge is 0.372 e. The molecule has 1 aromatic heterocycles. The van der Waals surface area contributed by atoms with Crippen LogP contribution in [0.4, 0.5) is 0 Å². The van der Waals surface area contributed by atoms with Gasteiger partial charge in [-0.25, -0.2) is 13.6 Å². The van der Waals surface area contributed by atoms with Crippen molar-refractivity contribution in [3.8, 4) is 0 Å². The Bertz CT molecular complexity index is 698. The summed E-state index contributed by atoms with van der Waals surface area (Å²) in [5.74, 6) is 0. The van der Waals surface area contributed by atoms with Gasteiger partial charge in [-0.2, -0.15) is 0 Å². The molecule has 0 aliphatic rings. The van der Waals surface area contributed by atoms with Crippen LogP contribution in [-0.4, -0.2) is 24.8 Å². The number of nitrogens with zero attached hydrogens (tertiary/aromatic N) is 2. The van der Waals surface area contributed by atoms with Crippen molar-refractivity contribution in [2.75, 3.05) is 0 Å². The highest BCUT2D eigenvalue weighted by molar-refractivity contribution is 7.89. The van der Waals surface area contributed by atoms with E-state index in [-0.39, 0.29) is 11.3 Å². The number of benzene rings is 1. The lowest BCUT2D eigenvalue weighted by Gasteiger charge is -2.03. The third-order valence-corrected chi connectivity index (χ3v) is 3.69. The van der Waals surface area contributed by atoms with Crippen molar-refractivity contribution in [3.05, 3.63) is 53.6 Å². The van der Waals surface area contributed by atoms with Crippen LogP contribution in [0.15, 0.2) is 41.6 Å². The van der Waals surface area contributed by atoms with Gasteiger partial charge in [-0.15, -0.1) is 0 Å². The molecule has 1 amide bonds.